The fourth-order valence-electron chi connectivity index (χ4n) is 3.31. The number of rotatable bonds is 1. The van der Waals surface area contributed by atoms with Crippen molar-refractivity contribution in [2.75, 3.05) is 0 Å². The summed E-state index contributed by atoms with van der Waals surface area (Å²) in [6.07, 6.45) is 1.77. The van der Waals surface area contributed by atoms with Gasteiger partial charge in [0.1, 0.15) is 17.0 Å². The van der Waals surface area contributed by atoms with E-state index in [0.717, 1.165) is 10.8 Å². The molecule has 0 aliphatic rings. The second kappa shape index (κ2) is 7.23. The van der Waals surface area contributed by atoms with Gasteiger partial charge in [-0.2, -0.15) is 0 Å². The highest BCUT2D eigenvalue weighted by atomic mass is 16.3. The van der Waals surface area contributed by atoms with Crippen LogP contribution in [0.1, 0.15) is 11.1 Å². The Morgan fingerprint density at radius 3 is 2.43 bits per heavy atom. The van der Waals surface area contributed by atoms with Gasteiger partial charge in [0, 0.05) is 28.8 Å². The summed E-state index contributed by atoms with van der Waals surface area (Å²) in [5.74, 6) is 6.63. The van der Waals surface area contributed by atoms with Gasteiger partial charge in [-0.15, -0.1) is 0 Å². The fourth-order valence-corrected chi connectivity index (χ4v) is 3.31. The Labute approximate surface area is 172 Å². The molecular formula is C26H15NO3. The number of aromatic nitrogens is 1. The first-order chi connectivity index (χ1) is 14.7. The predicted octanol–water partition coefficient (Wildman–Crippen LogP) is 5.11. The molecule has 0 atom stereocenters. The van der Waals surface area contributed by atoms with Crippen LogP contribution in [0.25, 0.3) is 33.2 Å². The zero-order valence-electron chi connectivity index (χ0n) is 15.8. The highest BCUT2D eigenvalue weighted by molar-refractivity contribution is 5.85. The second-order valence-corrected chi connectivity index (χ2v) is 6.90. The summed E-state index contributed by atoms with van der Waals surface area (Å²) in [5, 5.41) is 12.1. The van der Waals surface area contributed by atoms with E-state index in [1.165, 1.54) is 6.07 Å². The molecule has 2 aromatic heterocycles. The van der Waals surface area contributed by atoms with E-state index in [9.17, 15) is 9.90 Å². The van der Waals surface area contributed by atoms with Crippen LogP contribution in [0.15, 0.2) is 94.3 Å². The molecule has 0 radical (unpaired) electrons. The molecule has 5 rings (SSSR count). The Balaban J connectivity index is 1.59. The minimum Gasteiger partial charge on any atom is -0.508 e. The molecule has 0 bridgehead atoms. The van der Waals surface area contributed by atoms with Crippen molar-refractivity contribution in [3.05, 3.63) is 106 Å². The maximum Gasteiger partial charge on any atom is 0.193 e. The van der Waals surface area contributed by atoms with Crippen LogP contribution < -0.4 is 5.43 Å². The van der Waals surface area contributed by atoms with Crippen molar-refractivity contribution in [1.29, 1.82) is 0 Å². The summed E-state index contributed by atoms with van der Waals surface area (Å²) in [7, 11) is 0. The zero-order valence-corrected chi connectivity index (χ0v) is 15.8. The van der Waals surface area contributed by atoms with E-state index in [-0.39, 0.29) is 11.2 Å². The summed E-state index contributed by atoms with van der Waals surface area (Å²) in [6, 6.07) is 23.3. The number of phenols is 1. The van der Waals surface area contributed by atoms with Gasteiger partial charge in [-0.05, 0) is 47.9 Å². The highest BCUT2D eigenvalue weighted by Crippen LogP contribution is 2.24. The van der Waals surface area contributed by atoms with Crippen LogP contribution in [-0.4, -0.2) is 10.1 Å². The highest BCUT2D eigenvalue weighted by Gasteiger charge is 2.09. The third kappa shape index (κ3) is 3.41. The summed E-state index contributed by atoms with van der Waals surface area (Å²) >= 11 is 0. The zero-order chi connectivity index (χ0) is 20.5. The Hall–Kier alpha value is -4.36. The molecule has 0 unspecified atom stereocenters. The smallest absolute Gasteiger partial charge is 0.193 e. The van der Waals surface area contributed by atoms with Crippen molar-refractivity contribution in [1.82, 2.24) is 4.98 Å². The standard InChI is InChI=1S/C26H15NO3/c28-21-7-3-4-17(12-21)8-9-18-10-11-22-24(29)15-26(30-25(22)13-18)23-14-19-5-1-2-6-20(19)16-27-23/h1-7,10-16,28H. The number of pyridine rings is 1. The SMILES string of the molecule is O=c1cc(-c2cc3ccccc3cn2)oc2cc(C#Cc3cccc(O)c3)ccc12. The summed E-state index contributed by atoms with van der Waals surface area (Å²) in [6.45, 7) is 0. The molecule has 2 heterocycles. The number of fused-ring (bicyclic) bond motifs is 2. The maximum atomic E-state index is 12.6. The van der Waals surface area contributed by atoms with Crippen molar-refractivity contribution in [3.63, 3.8) is 0 Å². The van der Waals surface area contributed by atoms with Crippen LogP contribution in [-0.2, 0) is 0 Å². The van der Waals surface area contributed by atoms with Crippen LogP contribution in [0.4, 0.5) is 0 Å². The molecule has 0 aliphatic heterocycles. The Kier molecular flexibility index (Phi) is 4.27. The lowest BCUT2D eigenvalue weighted by Crippen LogP contribution is -2.01. The largest absolute Gasteiger partial charge is 0.508 e. The lowest BCUT2D eigenvalue weighted by Gasteiger charge is -2.04. The van der Waals surface area contributed by atoms with Crippen LogP contribution >= 0.6 is 0 Å². The summed E-state index contributed by atoms with van der Waals surface area (Å²) in [5.41, 5.74) is 2.33. The van der Waals surface area contributed by atoms with E-state index in [0.29, 0.717) is 33.6 Å². The normalized spacial score (nSPS) is 10.7. The molecule has 4 heteroatoms. The first-order valence-electron chi connectivity index (χ1n) is 9.40. The quantitative estimate of drug-likeness (QED) is 0.405. The van der Waals surface area contributed by atoms with Gasteiger partial charge >= 0.3 is 0 Å². The van der Waals surface area contributed by atoms with Gasteiger partial charge in [-0.1, -0.05) is 42.2 Å². The molecule has 0 saturated carbocycles. The predicted molar refractivity (Wildman–Crippen MR) is 117 cm³/mol. The van der Waals surface area contributed by atoms with E-state index in [2.05, 4.69) is 16.8 Å². The molecule has 30 heavy (non-hydrogen) atoms. The maximum absolute atomic E-state index is 12.6. The average molecular weight is 389 g/mol. The number of nitrogens with zero attached hydrogens (tertiary/aromatic N) is 1. The van der Waals surface area contributed by atoms with Gasteiger partial charge < -0.3 is 9.52 Å². The van der Waals surface area contributed by atoms with E-state index < -0.39 is 0 Å². The Morgan fingerprint density at radius 2 is 1.60 bits per heavy atom. The van der Waals surface area contributed by atoms with Crippen LogP contribution in [0.3, 0.4) is 0 Å². The number of hydrogen-bond donors (Lipinski definition) is 1. The monoisotopic (exact) mass is 389 g/mol. The lowest BCUT2D eigenvalue weighted by atomic mass is 10.1. The Morgan fingerprint density at radius 1 is 0.800 bits per heavy atom. The number of benzene rings is 3. The molecular weight excluding hydrogens is 374 g/mol. The molecule has 0 spiro atoms. The molecule has 4 nitrogen and oxygen atoms in total. The number of hydrogen-bond acceptors (Lipinski definition) is 4. The summed E-state index contributed by atoms with van der Waals surface area (Å²) < 4.78 is 6.02. The minimum atomic E-state index is -0.131. The van der Waals surface area contributed by atoms with Crippen molar-refractivity contribution in [3.8, 4) is 29.0 Å². The van der Waals surface area contributed by atoms with Gasteiger partial charge in [-0.3, -0.25) is 9.78 Å². The van der Waals surface area contributed by atoms with E-state index in [4.69, 9.17) is 4.42 Å². The van der Waals surface area contributed by atoms with Crippen molar-refractivity contribution >= 4 is 21.7 Å². The van der Waals surface area contributed by atoms with Gasteiger partial charge in [0.25, 0.3) is 0 Å². The molecule has 5 aromatic rings. The minimum absolute atomic E-state index is 0.131. The first kappa shape index (κ1) is 17.7. The molecule has 0 amide bonds. The van der Waals surface area contributed by atoms with Gasteiger partial charge in [-0.25, -0.2) is 0 Å². The van der Waals surface area contributed by atoms with Crippen LogP contribution in [0.2, 0.25) is 0 Å². The van der Waals surface area contributed by atoms with E-state index in [1.54, 1.807) is 42.6 Å². The second-order valence-electron chi connectivity index (χ2n) is 6.90. The lowest BCUT2D eigenvalue weighted by molar-refractivity contribution is 0.475. The van der Waals surface area contributed by atoms with Gasteiger partial charge in [0.2, 0.25) is 0 Å². The van der Waals surface area contributed by atoms with E-state index in [1.807, 2.05) is 36.4 Å². The topological polar surface area (TPSA) is 63.3 Å². The Bertz CT molecular complexity index is 1540. The molecule has 3 aromatic carbocycles. The average Bonchev–Trinajstić information content (AvgIpc) is 2.77. The molecule has 0 aliphatic carbocycles. The third-order valence-corrected chi connectivity index (χ3v) is 4.81. The number of phenolic OH excluding ortho intramolecular Hbond substituents is 1. The van der Waals surface area contributed by atoms with Gasteiger partial charge in [0.15, 0.2) is 11.2 Å². The van der Waals surface area contributed by atoms with Crippen molar-refractivity contribution in [2.24, 2.45) is 0 Å². The van der Waals surface area contributed by atoms with Crippen LogP contribution in [0, 0.1) is 11.8 Å². The first-order valence-corrected chi connectivity index (χ1v) is 9.40. The summed E-state index contributed by atoms with van der Waals surface area (Å²) in [4.78, 5) is 17.1. The van der Waals surface area contributed by atoms with E-state index >= 15 is 0 Å². The number of aromatic hydroxyl groups is 1. The third-order valence-electron chi connectivity index (χ3n) is 4.81. The van der Waals surface area contributed by atoms with Crippen LogP contribution in [0.5, 0.6) is 5.75 Å². The van der Waals surface area contributed by atoms with Crippen molar-refractivity contribution in [2.45, 2.75) is 0 Å². The molecule has 1 N–H and O–H groups in total. The molecule has 142 valence electrons. The molecule has 0 fully saturated rings. The van der Waals surface area contributed by atoms with Crippen molar-refractivity contribution < 1.29 is 9.52 Å². The molecule has 0 saturated heterocycles. The fraction of sp³-hybridized carbons (Fsp3) is 0. The van der Waals surface area contributed by atoms with Gasteiger partial charge in [0.05, 0.1) is 5.39 Å².